The first-order valence-electron chi connectivity index (χ1n) is 7.58. The third-order valence-electron chi connectivity index (χ3n) is 3.85. The maximum Gasteiger partial charge on any atom is 0.329 e. The molecule has 6 nitrogen and oxygen atoms in total. The van der Waals surface area contributed by atoms with Crippen LogP contribution in [-0.4, -0.2) is 68.3 Å². The van der Waals surface area contributed by atoms with Gasteiger partial charge in [0.25, 0.3) is 0 Å². The minimum atomic E-state index is -0.725. The number of hydrogen-bond donors (Lipinski definition) is 0. The standard InChI is InChI=1S/C15H27NO5/c1-14(2,3)21-13(17)15(11-18-4)6-5-7-16(15)10-12-19-8-9-20-12/h12H,5-11H2,1-4H3. The number of carbonyl (C=O) groups excluding carboxylic acids is 1. The molecule has 0 amide bonds. The van der Waals surface area contributed by atoms with E-state index in [1.807, 2.05) is 20.8 Å². The van der Waals surface area contributed by atoms with Crippen molar-refractivity contribution in [3.05, 3.63) is 0 Å². The van der Waals surface area contributed by atoms with Gasteiger partial charge in [-0.1, -0.05) is 0 Å². The second-order valence-electron chi connectivity index (χ2n) is 6.69. The number of likely N-dealkylation sites (tertiary alicyclic amines) is 1. The van der Waals surface area contributed by atoms with Gasteiger partial charge in [0.05, 0.1) is 26.4 Å². The van der Waals surface area contributed by atoms with Crippen molar-refractivity contribution in [2.75, 3.05) is 40.0 Å². The van der Waals surface area contributed by atoms with Crippen LogP contribution in [0.4, 0.5) is 0 Å². The molecule has 6 heteroatoms. The Morgan fingerprint density at radius 2 is 2.00 bits per heavy atom. The fourth-order valence-corrected chi connectivity index (χ4v) is 2.96. The summed E-state index contributed by atoms with van der Waals surface area (Å²) in [5.74, 6) is -0.215. The van der Waals surface area contributed by atoms with Crippen molar-refractivity contribution in [3.63, 3.8) is 0 Å². The molecule has 0 bridgehead atoms. The quantitative estimate of drug-likeness (QED) is 0.711. The predicted octanol–water partition coefficient (Wildman–Crippen LogP) is 1.18. The summed E-state index contributed by atoms with van der Waals surface area (Å²) in [4.78, 5) is 14.8. The third kappa shape index (κ3) is 3.94. The predicted molar refractivity (Wildman–Crippen MR) is 77.0 cm³/mol. The molecule has 0 aliphatic carbocycles. The molecule has 0 N–H and O–H groups in total. The second-order valence-corrected chi connectivity index (χ2v) is 6.69. The van der Waals surface area contributed by atoms with Crippen LogP contribution >= 0.6 is 0 Å². The maximum atomic E-state index is 12.7. The first kappa shape index (κ1) is 16.7. The summed E-state index contributed by atoms with van der Waals surface area (Å²) in [6, 6.07) is 0. The van der Waals surface area contributed by atoms with Gasteiger partial charge in [-0.25, -0.2) is 4.79 Å². The van der Waals surface area contributed by atoms with Gasteiger partial charge in [-0.3, -0.25) is 4.90 Å². The highest BCUT2D eigenvalue weighted by Gasteiger charge is 2.50. The molecule has 0 aromatic heterocycles. The van der Waals surface area contributed by atoms with E-state index < -0.39 is 11.1 Å². The molecule has 2 aliphatic rings. The highest BCUT2D eigenvalue weighted by atomic mass is 16.7. The minimum absolute atomic E-state index is 0.215. The van der Waals surface area contributed by atoms with E-state index in [0.29, 0.717) is 26.4 Å². The first-order valence-corrected chi connectivity index (χ1v) is 7.58. The molecule has 2 fully saturated rings. The SMILES string of the molecule is COCC1(C(=O)OC(C)(C)C)CCCN1CC1OCCO1. The van der Waals surface area contributed by atoms with E-state index in [1.165, 1.54) is 0 Å². The van der Waals surface area contributed by atoms with Gasteiger partial charge in [0.15, 0.2) is 6.29 Å². The number of hydrogen-bond acceptors (Lipinski definition) is 6. The molecule has 0 saturated carbocycles. The number of nitrogens with zero attached hydrogens (tertiary/aromatic N) is 1. The van der Waals surface area contributed by atoms with E-state index >= 15 is 0 Å². The van der Waals surface area contributed by atoms with Crippen LogP contribution in [0.15, 0.2) is 0 Å². The van der Waals surface area contributed by atoms with Crippen molar-refractivity contribution in [1.29, 1.82) is 0 Å². The number of ether oxygens (including phenoxy) is 4. The minimum Gasteiger partial charge on any atom is -0.459 e. The summed E-state index contributed by atoms with van der Waals surface area (Å²) >= 11 is 0. The number of esters is 1. The van der Waals surface area contributed by atoms with E-state index in [9.17, 15) is 4.79 Å². The fourth-order valence-electron chi connectivity index (χ4n) is 2.96. The average molecular weight is 301 g/mol. The summed E-state index contributed by atoms with van der Waals surface area (Å²) in [5.41, 5.74) is -1.23. The molecule has 2 heterocycles. The molecule has 2 rings (SSSR count). The first-order chi connectivity index (χ1) is 9.87. The zero-order valence-corrected chi connectivity index (χ0v) is 13.5. The zero-order chi connectivity index (χ0) is 15.5. The van der Waals surface area contributed by atoms with E-state index in [2.05, 4.69) is 4.90 Å². The Morgan fingerprint density at radius 3 is 2.57 bits per heavy atom. The van der Waals surface area contributed by atoms with Crippen LogP contribution < -0.4 is 0 Å². The smallest absolute Gasteiger partial charge is 0.329 e. The number of methoxy groups -OCH3 is 1. The number of rotatable bonds is 5. The Balaban J connectivity index is 2.11. The van der Waals surface area contributed by atoms with Gasteiger partial charge in [0.1, 0.15) is 11.1 Å². The van der Waals surface area contributed by atoms with Gasteiger partial charge in [-0.2, -0.15) is 0 Å². The molecule has 21 heavy (non-hydrogen) atoms. The Labute approximate surface area is 126 Å². The lowest BCUT2D eigenvalue weighted by atomic mass is 9.96. The lowest BCUT2D eigenvalue weighted by Gasteiger charge is -2.38. The normalized spacial score (nSPS) is 28.2. The molecule has 0 aromatic rings. The van der Waals surface area contributed by atoms with Crippen LogP contribution in [-0.2, 0) is 23.7 Å². The molecule has 1 unspecified atom stereocenters. The highest BCUT2D eigenvalue weighted by Crippen LogP contribution is 2.33. The zero-order valence-electron chi connectivity index (χ0n) is 13.5. The highest BCUT2D eigenvalue weighted by molar-refractivity contribution is 5.82. The lowest BCUT2D eigenvalue weighted by Crippen LogP contribution is -2.57. The van der Waals surface area contributed by atoms with Crippen molar-refractivity contribution >= 4 is 5.97 Å². The van der Waals surface area contributed by atoms with Crippen LogP contribution in [0.25, 0.3) is 0 Å². The third-order valence-corrected chi connectivity index (χ3v) is 3.85. The van der Waals surface area contributed by atoms with Crippen LogP contribution in [0, 0.1) is 0 Å². The van der Waals surface area contributed by atoms with Crippen molar-refractivity contribution < 1.29 is 23.7 Å². The van der Waals surface area contributed by atoms with Crippen molar-refractivity contribution in [2.24, 2.45) is 0 Å². The Morgan fingerprint density at radius 1 is 1.33 bits per heavy atom. The fraction of sp³-hybridized carbons (Fsp3) is 0.933. The molecular weight excluding hydrogens is 274 g/mol. The Hall–Kier alpha value is -0.690. The summed E-state index contributed by atoms with van der Waals surface area (Å²) in [6.07, 6.45) is 1.42. The maximum absolute atomic E-state index is 12.7. The summed E-state index contributed by atoms with van der Waals surface area (Å²) in [5, 5.41) is 0. The van der Waals surface area contributed by atoms with Gasteiger partial charge in [0.2, 0.25) is 0 Å². The van der Waals surface area contributed by atoms with Gasteiger partial charge >= 0.3 is 5.97 Å². The monoisotopic (exact) mass is 301 g/mol. The summed E-state index contributed by atoms with van der Waals surface area (Å²) < 4.78 is 22.0. The molecule has 0 spiro atoms. The molecule has 1 atom stereocenters. The van der Waals surface area contributed by atoms with E-state index in [4.69, 9.17) is 18.9 Å². The molecular formula is C15H27NO5. The molecule has 122 valence electrons. The van der Waals surface area contributed by atoms with Crippen LogP contribution in [0.2, 0.25) is 0 Å². The Bertz CT molecular complexity index is 362. The van der Waals surface area contributed by atoms with Gasteiger partial charge in [-0.05, 0) is 40.2 Å². The van der Waals surface area contributed by atoms with E-state index in [0.717, 1.165) is 19.4 Å². The van der Waals surface area contributed by atoms with Gasteiger partial charge in [-0.15, -0.1) is 0 Å². The summed E-state index contributed by atoms with van der Waals surface area (Å²) in [6.45, 7) is 8.60. The number of carbonyl (C=O) groups is 1. The Kier molecular flexibility index (Phi) is 5.24. The van der Waals surface area contributed by atoms with Crippen molar-refractivity contribution in [1.82, 2.24) is 4.90 Å². The largest absolute Gasteiger partial charge is 0.459 e. The topological polar surface area (TPSA) is 57.2 Å². The lowest BCUT2D eigenvalue weighted by molar-refractivity contribution is -0.174. The van der Waals surface area contributed by atoms with Gasteiger partial charge < -0.3 is 18.9 Å². The van der Waals surface area contributed by atoms with E-state index in [1.54, 1.807) is 7.11 Å². The molecule has 2 aliphatic heterocycles. The summed E-state index contributed by atoms with van der Waals surface area (Å²) in [7, 11) is 1.62. The van der Waals surface area contributed by atoms with E-state index in [-0.39, 0.29) is 12.3 Å². The average Bonchev–Trinajstić information content (AvgIpc) is 2.99. The van der Waals surface area contributed by atoms with Crippen LogP contribution in [0.5, 0.6) is 0 Å². The van der Waals surface area contributed by atoms with Crippen LogP contribution in [0.1, 0.15) is 33.6 Å². The van der Waals surface area contributed by atoms with Crippen molar-refractivity contribution in [3.8, 4) is 0 Å². The second kappa shape index (κ2) is 6.60. The van der Waals surface area contributed by atoms with Crippen molar-refractivity contribution in [2.45, 2.75) is 51.0 Å². The molecule has 2 saturated heterocycles. The molecule has 0 radical (unpaired) electrons. The molecule has 0 aromatic carbocycles. The van der Waals surface area contributed by atoms with Gasteiger partial charge in [0, 0.05) is 7.11 Å². The van der Waals surface area contributed by atoms with Crippen LogP contribution in [0.3, 0.4) is 0 Å².